The van der Waals surface area contributed by atoms with Gasteiger partial charge in [-0.1, -0.05) is 72.0 Å². The largest absolute Gasteiger partial charge is 0.453 e. The van der Waals surface area contributed by atoms with E-state index >= 15 is 0 Å². The summed E-state index contributed by atoms with van der Waals surface area (Å²) in [5, 5.41) is 4.52. The summed E-state index contributed by atoms with van der Waals surface area (Å²) in [6, 6.07) is 24.8. The number of nitrogens with one attached hydrogen (secondary N) is 1. The first-order valence-electron chi connectivity index (χ1n) is 11.9. The summed E-state index contributed by atoms with van der Waals surface area (Å²) in [7, 11) is 0. The first-order valence-corrected chi connectivity index (χ1v) is 12.8. The summed E-state index contributed by atoms with van der Waals surface area (Å²) in [4.78, 5) is 57.7. The number of esters is 1. The molecular weight excluding hydrogens is 500 g/mol. The molecule has 6 rings (SSSR count). The predicted molar refractivity (Wildman–Crippen MR) is 144 cm³/mol. The second kappa shape index (κ2) is 9.32. The Balaban J connectivity index is 1.37. The number of cyclic esters (lactones) is 1. The fourth-order valence-corrected chi connectivity index (χ4v) is 5.68. The van der Waals surface area contributed by atoms with Gasteiger partial charge in [-0.15, -0.1) is 0 Å². The average Bonchev–Trinajstić information content (AvgIpc) is 3.48. The molecule has 0 aliphatic carbocycles. The van der Waals surface area contributed by atoms with E-state index in [1.807, 2.05) is 49.4 Å². The lowest BCUT2D eigenvalue weighted by atomic mass is 9.84. The van der Waals surface area contributed by atoms with Gasteiger partial charge in [-0.2, -0.15) is 0 Å². The quantitative estimate of drug-likeness (QED) is 0.134. The number of fused-ring (bicyclic) bond motifs is 3. The van der Waals surface area contributed by atoms with E-state index in [0.29, 0.717) is 11.1 Å². The number of Topliss-reactive ketones (excluding diaryl/α,β-unsaturated/α-hetero) is 2. The Bertz CT molecular complexity index is 1790. The molecule has 1 amide bonds. The minimum Gasteiger partial charge on any atom is -0.453 e. The van der Waals surface area contributed by atoms with Crippen molar-refractivity contribution < 1.29 is 23.9 Å². The van der Waals surface area contributed by atoms with Crippen LogP contribution in [0, 0.1) is 12.8 Å². The monoisotopic (exact) mass is 520 g/mol. The molecule has 38 heavy (non-hydrogen) atoms. The Morgan fingerprint density at radius 2 is 1.68 bits per heavy atom. The molecule has 0 saturated heterocycles. The lowest BCUT2D eigenvalue weighted by Gasteiger charge is -2.21. The Morgan fingerprint density at radius 1 is 0.921 bits per heavy atom. The number of nitrogens with zero attached hydrogens (tertiary/aromatic N) is 1. The van der Waals surface area contributed by atoms with Gasteiger partial charge in [0.25, 0.3) is 5.91 Å². The van der Waals surface area contributed by atoms with Crippen LogP contribution in [0.25, 0.3) is 21.0 Å². The van der Waals surface area contributed by atoms with Crippen LogP contribution >= 0.6 is 11.3 Å². The minimum absolute atomic E-state index is 0.240. The number of thiazole rings is 1. The highest BCUT2D eigenvalue weighted by Crippen LogP contribution is 2.38. The number of carbonyl (C=O) groups is 4. The highest BCUT2D eigenvalue weighted by Gasteiger charge is 2.46. The maximum Gasteiger partial charge on any atom is 0.339 e. The zero-order chi connectivity index (χ0) is 26.4. The molecule has 1 N–H and O–H groups in total. The highest BCUT2D eigenvalue weighted by atomic mass is 32.1. The summed E-state index contributed by atoms with van der Waals surface area (Å²) < 4.78 is 6.39. The van der Waals surface area contributed by atoms with Crippen molar-refractivity contribution in [2.24, 2.45) is 5.92 Å². The summed E-state index contributed by atoms with van der Waals surface area (Å²) in [6.07, 6.45) is -1.23. The van der Waals surface area contributed by atoms with Gasteiger partial charge in [-0.25, -0.2) is 9.78 Å². The van der Waals surface area contributed by atoms with E-state index < -0.39 is 35.5 Å². The van der Waals surface area contributed by atoms with Crippen molar-refractivity contribution in [2.45, 2.75) is 13.0 Å². The number of ketones is 2. The van der Waals surface area contributed by atoms with Crippen LogP contribution in [0.3, 0.4) is 0 Å². The van der Waals surface area contributed by atoms with E-state index in [-0.39, 0.29) is 16.3 Å². The zero-order valence-electron chi connectivity index (χ0n) is 20.1. The second-order valence-corrected chi connectivity index (χ2v) is 10.2. The van der Waals surface area contributed by atoms with Crippen molar-refractivity contribution >= 4 is 60.9 Å². The van der Waals surface area contributed by atoms with Gasteiger partial charge in [-0.05, 0) is 47.5 Å². The molecule has 1 aliphatic heterocycles. The van der Waals surface area contributed by atoms with Crippen LogP contribution in [0.15, 0.2) is 84.9 Å². The minimum atomic E-state index is -1.57. The van der Waals surface area contributed by atoms with Crippen molar-refractivity contribution in [1.82, 2.24) is 4.98 Å². The zero-order valence-corrected chi connectivity index (χ0v) is 21.0. The third kappa shape index (κ3) is 4.14. The molecule has 0 unspecified atom stereocenters. The molecule has 0 fully saturated rings. The molecule has 0 radical (unpaired) electrons. The molecule has 0 saturated carbocycles. The van der Waals surface area contributed by atoms with E-state index in [9.17, 15) is 19.2 Å². The Morgan fingerprint density at radius 3 is 2.53 bits per heavy atom. The van der Waals surface area contributed by atoms with E-state index in [1.165, 1.54) is 11.3 Å². The molecule has 1 aliphatic rings. The maximum atomic E-state index is 13.9. The van der Waals surface area contributed by atoms with Crippen LogP contribution in [0.5, 0.6) is 0 Å². The second-order valence-electron chi connectivity index (χ2n) is 9.13. The molecule has 0 bridgehead atoms. The number of aryl methyl sites for hydroxylation is 1. The van der Waals surface area contributed by atoms with Crippen LogP contribution in [-0.2, 0) is 14.3 Å². The molecular formula is C30H20N2O5S. The molecule has 8 heteroatoms. The first-order chi connectivity index (χ1) is 18.4. The SMILES string of the molecule is Cc1ccc2nc(NC(=O)C(=O)[C@H](C(=O)c3ccc4ccccc4c3)[C@@H]3OC(=O)c4ccccc43)sc2c1. The van der Waals surface area contributed by atoms with Crippen molar-refractivity contribution in [3.8, 4) is 0 Å². The van der Waals surface area contributed by atoms with Gasteiger partial charge >= 0.3 is 5.97 Å². The third-order valence-electron chi connectivity index (χ3n) is 6.61. The molecule has 4 aromatic carbocycles. The summed E-state index contributed by atoms with van der Waals surface area (Å²) in [6.45, 7) is 1.95. The normalized spacial score (nSPS) is 15.2. The summed E-state index contributed by atoms with van der Waals surface area (Å²) in [5.41, 5.74) is 2.63. The van der Waals surface area contributed by atoms with E-state index in [0.717, 1.165) is 21.0 Å². The van der Waals surface area contributed by atoms with Crippen molar-refractivity contribution in [3.63, 3.8) is 0 Å². The number of anilines is 1. The predicted octanol–water partition coefficient (Wildman–Crippen LogP) is 5.68. The number of hydrogen-bond donors (Lipinski definition) is 1. The topological polar surface area (TPSA) is 102 Å². The lowest BCUT2D eigenvalue weighted by molar-refractivity contribution is -0.138. The number of aromatic nitrogens is 1. The van der Waals surface area contributed by atoms with Gasteiger partial charge in [0.15, 0.2) is 10.9 Å². The highest BCUT2D eigenvalue weighted by molar-refractivity contribution is 7.22. The first kappa shape index (κ1) is 23.7. The summed E-state index contributed by atoms with van der Waals surface area (Å²) >= 11 is 1.23. The van der Waals surface area contributed by atoms with Crippen LogP contribution in [0.4, 0.5) is 5.13 Å². The van der Waals surface area contributed by atoms with Crippen LogP contribution in [0.1, 0.15) is 37.9 Å². The van der Waals surface area contributed by atoms with E-state index in [4.69, 9.17) is 4.74 Å². The van der Waals surface area contributed by atoms with Gasteiger partial charge < -0.3 is 4.74 Å². The lowest BCUT2D eigenvalue weighted by Crippen LogP contribution is -2.38. The van der Waals surface area contributed by atoms with E-state index in [2.05, 4.69) is 10.3 Å². The average molecular weight is 521 g/mol. The number of ether oxygens (including phenoxy) is 1. The number of hydrogen-bond acceptors (Lipinski definition) is 7. The number of amides is 1. The van der Waals surface area contributed by atoms with Crippen LogP contribution in [-0.4, -0.2) is 28.4 Å². The van der Waals surface area contributed by atoms with Gasteiger partial charge in [0.1, 0.15) is 12.0 Å². The van der Waals surface area contributed by atoms with E-state index in [1.54, 1.807) is 42.5 Å². The van der Waals surface area contributed by atoms with Gasteiger partial charge in [0, 0.05) is 11.1 Å². The molecule has 0 spiro atoms. The summed E-state index contributed by atoms with van der Waals surface area (Å²) in [5.74, 6) is -4.82. The molecule has 2 heterocycles. The van der Waals surface area contributed by atoms with Crippen molar-refractivity contribution in [3.05, 3.63) is 107 Å². The van der Waals surface area contributed by atoms with Gasteiger partial charge in [0.05, 0.1) is 15.8 Å². The molecule has 5 aromatic rings. The Kier molecular flexibility index (Phi) is 5.81. The molecule has 7 nitrogen and oxygen atoms in total. The van der Waals surface area contributed by atoms with Gasteiger partial charge in [-0.3, -0.25) is 19.7 Å². The number of benzene rings is 4. The standard InChI is InChI=1S/C30H20N2O5S/c1-16-10-13-22-23(14-16)38-30(31-22)32-28(35)26(34)24(27-20-8-4-5-9-21(20)29(36)37-27)25(33)19-12-11-17-6-2-3-7-18(17)15-19/h2-15,24,27H,1H3,(H,31,32,35)/t24-,27+/m0/s1. The van der Waals surface area contributed by atoms with Gasteiger partial charge in [0.2, 0.25) is 5.78 Å². The Labute approximate surface area is 221 Å². The maximum absolute atomic E-state index is 13.9. The molecule has 2 atom stereocenters. The van der Waals surface area contributed by atoms with Crippen LogP contribution < -0.4 is 5.32 Å². The fraction of sp³-hybridized carbons (Fsp3) is 0.100. The number of rotatable bonds is 6. The van der Waals surface area contributed by atoms with Crippen LogP contribution in [0.2, 0.25) is 0 Å². The fourth-order valence-electron chi connectivity index (χ4n) is 4.72. The van der Waals surface area contributed by atoms with Crippen molar-refractivity contribution in [1.29, 1.82) is 0 Å². The number of carbonyl (C=O) groups excluding carboxylic acids is 4. The third-order valence-corrected chi connectivity index (χ3v) is 7.54. The van der Waals surface area contributed by atoms with Crippen molar-refractivity contribution in [2.75, 3.05) is 5.32 Å². The smallest absolute Gasteiger partial charge is 0.339 e. The Hall–Kier alpha value is -4.69. The molecule has 186 valence electrons. The molecule has 1 aromatic heterocycles.